The van der Waals surface area contributed by atoms with E-state index in [0.29, 0.717) is 0 Å². The Morgan fingerprint density at radius 1 is 1.33 bits per heavy atom. The zero-order valence-electron chi connectivity index (χ0n) is 7.39. The van der Waals surface area contributed by atoms with E-state index in [4.69, 9.17) is 5.26 Å². The van der Waals surface area contributed by atoms with E-state index in [-0.39, 0.29) is 11.1 Å². The second-order valence-corrected chi connectivity index (χ2v) is 2.48. The summed E-state index contributed by atoms with van der Waals surface area (Å²) in [6.45, 7) is 0. The smallest absolute Gasteiger partial charge is 0.285 e. The van der Waals surface area contributed by atoms with Crippen molar-refractivity contribution in [2.24, 2.45) is 0 Å². The quantitative estimate of drug-likeness (QED) is 0.544. The molecule has 1 radical (unpaired) electrons. The van der Waals surface area contributed by atoms with E-state index in [1.807, 2.05) is 0 Å². The number of imide groups is 1. The summed E-state index contributed by atoms with van der Waals surface area (Å²) in [6.07, 6.45) is 0.223. The average Bonchev–Trinajstić information content (AvgIpc) is 2.28. The van der Waals surface area contributed by atoms with Gasteiger partial charge in [0.25, 0.3) is 5.91 Å². The van der Waals surface area contributed by atoms with Crippen LogP contribution < -0.4 is 5.32 Å². The summed E-state index contributed by atoms with van der Waals surface area (Å²) >= 11 is 0. The number of hydrogen-bond acceptors (Lipinski definition) is 5. The van der Waals surface area contributed by atoms with E-state index < -0.39 is 12.0 Å². The van der Waals surface area contributed by atoms with E-state index >= 15 is 0 Å². The Labute approximate surface area is 84.4 Å². The van der Waals surface area contributed by atoms with Crippen molar-refractivity contribution in [3.05, 3.63) is 35.4 Å². The van der Waals surface area contributed by atoms with Crippen LogP contribution in [0.15, 0.2) is 24.3 Å². The maximum atomic E-state index is 11.3. The molecule has 0 heterocycles. The first kappa shape index (κ1) is 10.9. The van der Waals surface area contributed by atoms with Gasteiger partial charge in [0, 0.05) is 5.56 Å². The molecule has 15 heavy (non-hydrogen) atoms. The Hall–Kier alpha value is -2.21. The van der Waals surface area contributed by atoms with Crippen molar-refractivity contribution in [3.63, 3.8) is 0 Å². The Balaban J connectivity index is 2.90. The zero-order valence-corrected chi connectivity index (χ0v) is 7.39. The Morgan fingerprint density at radius 3 is 2.60 bits per heavy atom. The molecule has 0 atom stereocenters. The topological polar surface area (TPSA) is 92.7 Å². The molecule has 1 rings (SSSR count). The number of hydrogen-bond donors (Lipinski definition) is 2. The number of carbonyl (C=O) groups is 2. The summed E-state index contributed by atoms with van der Waals surface area (Å²) < 4.78 is 0. The zero-order chi connectivity index (χ0) is 11.3. The van der Waals surface area contributed by atoms with Gasteiger partial charge in [-0.2, -0.15) is 5.26 Å². The van der Waals surface area contributed by atoms with Gasteiger partial charge in [-0.15, -0.1) is 0 Å². The van der Waals surface area contributed by atoms with Gasteiger partial charge < -0.3 is 0 Å². The van der Waals surface area contributed by atoms with Crippen molar-refractivity contribution in [2.75, 3.05) is 0 Å². The molecular weight excluding hydrogens is 202 g/mol. The predicted octanol–water partition coefficient (Wildman–Crippen LogP) is 0.484. The Bertz CT molecular complexity index is 401. The Kier molecular flexibility index (Phi) is 3.53. The third-order valence-corrected chi connectivity index (χ3v) is 1.58. The highest BCUT2D eigenvalue weighted by Gasteiger charge is 2.14. The second-order valence-electron chi connectivity index (χ2n) is 2.48. The van der Waals surface area contributed by atoms with Crippen LogP contribution in [0.2, 0.25) is 0 Å². The van der Waals surface area contributed by atoms with E-state index in [0.717, 1.165) is 0 Å². The molecule has 1 aromatic rings. The minimum absolute atomic E-state index is 0.0146. The fourth-order valence-electron chi connectivity index (χ4n) is 0.953. The van der Waals surface area contributed by atoms with Crippen LogP contribution >= 0.6 is 0 Å². The van der Waals surface area contributed by atoms with Crippen LogP contribution in [-0.2, 0) is 9.68 Å². The molecule has 77 valence electrons. The van der Waals surface area contributed by atoms with Crippen LogP contribution in [0.3, 0.4) is 0 Å². The van der Waals surface area contributed by atoms with Crippen LogP contribution in [0.4, 0.5) is 4.79 Å². The van der Waals surface area contributed by atoms with Crippen LogP contribution in [0, 0.1) is 0 Å². The predicted molar refractivity (Wildman–Crippen MR) is 47.8 cm³/mol. The van der Waals surface area contributed by atoms with Crippen molar-refractivity contribution in [1.82, 2.24) is 5.32 Å². The summed E-state index contributed by atoms with van der Waals surface area (Å²) in [6, 6.07) is 5.76. The highest BCUT2D eigenvalue weighted by molar-refractivity contribution is 6.07. The summed E-state index contributed by atoms with van der Waals surface area (Å²) in [5.74, 6) is -0.854. The molecule has 0 aliphatic heterocycles. The molecule has 0 unspecified atom stereocenters. The van der Waals surface area contributed by atoms with E-state index in [1.54, 1.807) is 17.7 Å². The number of nitrogens with one attached hydrogen (secondary N) is 1. The van der Waals surface area contributed by atoms with E-state index in [2.05, 4.69) is 4.89 Å². The second kappa shape index (κ2) is 4.87. The lowest BCUT2D eigenvalue weighted by molar-refractivity contribution is -0.176. The standard InChI is InChI=1S/C9H6NO5/c11-5-6-3-1-2-4-7(6)8(12)10-9(13)15-14/h1-4,14H,(H,10,12,13). The third kappa shape index (κ3) is 2.61. The molecule has 0 spiro atoms. The molecule has 0 saturated carbocycles. The van der Waals surface area contributed by atoms with E-state index in [1.165, 1.54) is 18.2 Å². The molecule has 2 N–H and O–H groups in total. The van der Waals surface area contributed by atoms with Crippen molar-refractivity contribution < 1.29 is 24.5 Å². The van der Waals surface area contributed by atoms with Crippen molar-refractivity contribution >= 4 is 18.3 Å². The van der Waals surface area contributed by atoms with Gasteiger partial charge in [0.05, 0.1) is 5.56 Å². The third-order valence-electron chi connectivity index (χ3n) is 1.58. The van der Waals surface area contributed by atoms with Gasteiger partial charge >= 0.3 is 6.09 Å². The summed E-state index contributed by atoms with van der Waals surface area (Å²) in [4.78, 5) is 35.4. The summed E-state index contributed by atoms with van der Waals surface area (Å²) in [5.41, 5.74) is -0.0151. The number of benzene rings is 1. The lowest BCUT2D eigenvalue weighted by Crippen LogP contribution is -2.31. The van der Waals surface area contributed by atoms with Gasteiger partial charge in [-0.3, -0.25) is 19.8 Å². The highest BCUT2D eigenvalue weighted by atomic mass is 17.1. The number of amides is 2. The Morgan fingerprint density at radius 2 is 2.00 bits per heavy atom. The van der Waals surface area contributed by atoms with Gasteiger partial charge in [-0.05, 0) is 6.07 Å². The lowest BCUT2D eigenvalue weighted by atomic mass is 10.1. The molecule has 1 aromatic carbocycles. The monoisotopic (exact) mass is 208 g/mol. The molecular formula is C9H6NO5. The summed E-state index contributed by atoms with van der Waals surface area (Å²) in [7, 11) is 0. The minimum atomic E-state index is -1.32. The first-order chi connectivity index (χ1) is 7.19. The van der Waals surface area contributed by atoms with Gasteiger partial charge in [-0.25, -0.2) is 4.79 Å². The molecule has 0 aliphatic carbocycles. The van der Waals surface area contributed by atoms with Crippen LogP contribution in [0.5, 0.6) is 0 Å². The first-order valence-electron chi connectivity index (χ1n) is 3.83. The molecule has 2 amide bonds. The largest absolute Gasteiger partial charge is 0.445 e. The van der Waals surface area contributed by atoms with Crippen molar-refractivity contribution in [2.45, 2.75) is 0 Å². The maximum absolute atomic E-state index is 11.3. The van der Waals surface area contributed by atoms with E-state index in [9.17, 15) is 14.4 Å². The fraction of sp³-hybridized carbons (Fsp3) is 0. The molecule has 6 nitrogen and oxygen atoms in total. The van der Waals surface area contributed by atoms with Gasteiger partial charge in [-0.1, -0.05) is 18.2 Å². The average molecular weight is 208 g/mol. The van der Waals surface area contributed by atoms with Crippen LogP contribution in [-0.4, -0.2) is 23.5 Å². The van der Waals surface area contributed by atoms with Gasteiger partial charge in [0.1, 0.15) is 0 Å². The van der Waals surface area contributed by atoms with Crippen LogP contribution in [0.1, 0.15) is 15.9 Å². The first-order valence-corrected chi connectivity index (χ1v) is 3.83. The molecule has 0 bridgehead atoms. The molecule has 6 heteroatoms. The minimum Gasteiger partial charge on any atom is -0.285 e. The van der Waals surface area contributed by atoms with Crippen molar-refractivity contribution in [1.29, 1.82) is 0 Å². The molecule has 0 aliphatic rings. The van der Waals surface area contributed by atoms with Crippen molar-refractivity contribution in [3.8, 4) is 0 Å². The van der Waals surface area contributed by atoms with Gasteiger partial charge in [0.15, 0.2) is 0 Å². The van der Waals surface area contributed by atoms with Gasteiger partial charge in [0.2, 0.25) is 6.29 Å². The molecule has 0 aromatic heterocycles. The number of carbonyl (C=O) groups excluding carboxylic acids is 3. The number of rotatable bonds is 2. The fourth-order valence-corrected chi connectivity index (χ4v) is 0.953. The lowest BCUT2D eigenvalue weighted by Gasteiger charge is -2.02. The molecule has 0 saturated heterocycles. The highest BCUT2D eigenvalue weighted by Crippen LogP contribution is 2.05. The maximum Gasteiger partial charge on any atom is 0.445 e. The molecule has 0 fully saturated rings. The van der Waals surface area contributed by atoms with Crippen LogP contribution in [0.25, 0.3) is 0 Å². The SMILES string of the molecule is O=[C]c1ccccc1C(=O)NC(=O)OO. The summed E-state index contributed by atoms with van der Waals surface area (Å²) in [5, 5.41) is 9.61. The normalized spacial score (nSPS) is 9.13.